The van der Waals surface area contributed by atoms with Crippen molar-refractivity contribution in [2.75, 3.05) is 20.2 Å². The van der Waals surface area contributed by atoms with Crippen LogP contribution in [0.3, 0.4) is 0 Å². The Labute approximate surface area is 116 Å². The lowest BCUT2D eigenvalue weighted by Gasteiger charge is -2.33. The molecule has 0 amide bonds. The summed E-state index contributed by atoms with van der Waals surface area (Å²) in [4.78, 5) is 0. The predicted octanol–water partition coefficient (Wildman–Crippen LogP) is 2.75. The Kier molecular flexibility index (Phi) is 4.48. The van der Waals surface area contributed by atoms with Gasteiger partial charge >= 0.3 is 0 Å². The van der Waals surface area contributed by atoms with Gasteiger partial charge in [-0.15, -0.1) is 0 Å². The first-order valence-corrected chi connectivity index (χ1v) is 7.19. The fourth-order valence-electron chi connectivity index (χ4n) is 2.88. The average Bonchev–Trinajstić information content (AvgIpc) is 2.39. The van der Waals surface area contributed by atoms with Gasteiger partial charge in [0.05, 0.1) is 7.11 Å². The van der Waals surface area contributed by atoms with Crippen molar-refractivity contribution in [1.29, 1.82) is 0 Å². The van der Waals surface area contributed by atoms with Gasteiger partial charge in [-0.1, -0.05) is 13.8 Å². The van der Waals surface area contributed by atoms with E-state index < -0.39 is 0 Å². The second-order valence-electron chi connectivity index (χ2n) is 5.78. The Bertz CT molecular complexity index is 443. The van der Waals surface area contributed by atoms with Crippen LogP contribution in [0.4, 0.5) is 0 Å². The summed E-state index contributed by atoms with van der Waals surface area (Å²) < 4.78 is 5.52. The Morgan fingerprint density at radius 3 is 2.47 bits per heavy atom. The minimum absolute atomic E-state index is 0.386. The van der Waals surface area contributed by atoms with Crippen molar-refractivity contribution < 1.29 is 4.74 Å². The lowest BCUT2D eigenvalue weighted by Crippen LogP contribution is -2.49. The molecule has 2 rings (SSSR count). The normalized spacial score (nSPS) is 23.7. The van der Waals surface area contributed by atoms with Crippen molar-refractivity contribution in [1.82, 2.24) is 10.6 Å². The van der Waals surface area contributed by atoms with Crippen LogP contribution in [0, 0.1) is 6.92 Å². The number of methoxy groups -OCH3 is 1. The molecule has 1 fully saturated rings. The maximum absolute atomic E-state index is 5.52. The molecule has 1 aliphatic heterocycles. The molecule has 0 radical (unpaired) electrons. The van der Waals surface area contributed by atoms with Gasteiger partial charge in [0.25, 0.3) is 0 Å². The van der Waals surface area contributed by atoms with E-state index in [1.54, 1.807) is 7.11 Å². The van der Waals surface area contributed by atoms with Crippen LogP contribution in [-0.4, -0.2) is 26.2 Å². The SMILES string of the molecule is COc1cc(C)c(C2NCCNC2C)cc1C(C)C. The molecule has 0 aromatic heterocycles. The molecule has 1 aliphatic rings. The van der Waals surface area contributed by atoms with Gasteiger partial charge in [-0.3, -0.25) is 0 Å². The third-order valence-corrected chi connectivity index (χ3v) is 4.03. The van der Waals surface area contributed by atoms with Gasteiger partial charge < -0.3 is 15.4 Å². The number of hydrogen-bond donors (Lipinski definition) is 2. The number of benzene rings is 1. The molecular weight excluding hydrogens is 236 g/mol. The van der Waals surface area contributed by atoms with E-state index in [0.717, 1.165) is 18.8 Å². The quantitative estimate of drug-likeness (QED) is 0.879. The Hall–Kier alpha value is -1.06. The molecule has 3 heteroatoms. The number of piperazine rings is 1. The van der Waals surface area contributed by atoms with E-state index in [9.17, 15) is 0 Å². The summed E-state index contributed by atoms with van der Waals surface area (Å²) in [7, 11) is 1.75. The second-order valence-corrected chi connectivity index (χ2v) is 5.78. The Balaban J connectivity index is 2.42. The second kappa shape index (κ2) is 5.93. The van der Waals surface area contributed by atoms with Gasteiger partial charge in [-0.2, -0.15) is 0 Å². The molecule has 3 nitrogen and oxygen atoms in total. The molecule has 1 saturated heterocycles. The fourth-order valence-corrected chi connectivity index (χ4v) is 2.88. The molecule has 1 aromatic carbocycles. The molecule has 1 aromatic rings. The average molecular weight is 262 g/mol. The largest absolute Gasteiger partial charge is 0.496 e. The summed E-state index contributed by atoms with van der Waals surface area (Å²) in [5, 5.41) is 7.17. The number of ether oxygens (including phenoxy) is 1. The van der Waals surface area contributed by atoms with Gasteiger partial charge in [0.15, 0.2) is 0 Å². The molecule has 0 spiro atoms. The number of hydrogen-bond acceptors (Lipinski definition) is 3. The third kappa shape index (κ3) is 2.93. The molecule has 1 heterocycles. The fraction of sp³-hybridized carbons (Fsp3) is 0.625. The summed E-state index contributed by atoms with van der Waals surface area (Å²) in [6.45, 7) is 10.9. The summed E-state index contributed by atoms with van der Waals surface area (Å²) in [5.74, 6) is 1.48. The van der Waals surface area contributed by atoms with E-state index in [1.807, 2.05) is 0 Å². The van der Waals surface area contributed by atoms with Crippen LogP contribution in [0.2, 0.25) is 0 Å². The zero-order valence-electron chi connectivity index (χ0n) is 12.7. The highest BCUT2D eigenvalue weighted by Gasteiger charge is 2.24. The molecule has 2 N–H and O–H groups in total. The minimum atomic E-state index is 0.386. The monoisotopic (exact) mass is 262 g/mol. The lowest BCUT2D eigenvalue weighted by molar-refractivity contribution is 0.343. The van der Waals surface area contributed by atoms with Gasteiger partial charge in [-0.25, -0.2) is 0 Å². The first kappa shape index (κ1) is 14.4. The van der Waals surface area contributed by atoms with Crippen LogP contribution in [0.1, 0.15) is 49.4 Å². The van der Waals surface area contributed by atoms with Crippen LogP contribution in [0.25, 0.3) is 0 Å². The van der Waals surface area contributed by atoms with Gasteiger partial charge in [0.1, 0.15) is 5.75 Å². The maximum atomic E-state index is 5.52. The van der Waals surface area contributed by atoms with Crippen LogP contribution in [0.5, 0.6) is 5.75 Å². The summed E-state index contributed by atoms with van der Waals surface area (Å²) >= 11 is 0. The molecule has 106 valence electrons. The molecular formula is C16H26N2O. The van der Waals surface area contributed by atoms with Crippen molar-refractivity contribution in [2.45, 2.75) is 45.7 Å². The summed E-state index contributed by atoms with van der Waals surface area (Å²) in [6, 6.07) is 5.34. The first-order chi connectivity index (χ1) is 9.04. The molecule has 2 atom stereocenters. The molecule has 0 bridgehead atoms. The van der Waals surface area contributed by atoms with E-state index in [4.69, 9.17) is 4.74 Å². The van der Waals surface area contributed by atoms with Crippen LogP contribution >= 0.6 is 0 Å². The van der Waals surface area contributed by atoms with Crippen molar-refractivity contribution in [3.63, 3.8) is 0 Å². The number of nitrogens with one attached hydrogen (secondary N) is 2. The highest BCUT2D eigenvalue weighted by molar-refractivity contribution is 5.45. The Morgan fingerprint density at radius 2 is 1.89 bits per heavy atom. The smallest absolute Gasteiger partial charge is 0.122 e. The highest BCUT2D eigenvalue weighted by Crippen LogP contribution is 2.33. The lowest BCUT2D eigenvalue weighted by atomic mass is 9.89. The van der Waals surface area contributed by atoms with Crippen molar-refractivity contribution in [3.8, 4) is 5.75 Å². The van der Waals surface area contributed by atoms with Crippen molar-refractivity contribution >= 4 is 0 Å². The summed E-state index contributed by atoms with van der Waals surface area (Å²) in [5.41, 5.74) is 3.99. The maximum Gasteiger partial charge on any atom is 0.122 e. The van der Waals surface area contributed by atoms with Gasteiger partial charge in [0.2, 0.25) is 0 Å². The highest BCUT2D eigenvalue weighted by atomic mass is 16.5. The first-order valence-electron chi connectivity index (χ1n) is 7.19. The zero-order chi connectivity index (χ0) is 14.0. The number of aryl methyl sites for hydroxylation is 1. The van der Waals surface area contributed by atoms with Crippen molar-refractivity contribution in [2.24, 2.45) is 0 Å². The van der Waals surface area contributed by atoms with E-state index in [-0.39, 0.29) is 0 Å². The van der Waals surface area contributed by atoms with E-state index in [1.165, 1.54) is 16.7 Å². The van der Waals surface area contributed by atoms with E-state index in [2.05, 4.69) is 50.5 Å². The predicted molar refractivity (Wildman–Crippen MR) is 80.0 cm³/mol. The molecule has 2 unspecified atom stereocenters. The third-order valence-electron chi connectivity index (χ3n) is 4.03. The van der Waals surface area contributed by atoms with E-state index >= 15 is 0 Å². The summed E-state index contributed by atoms with van der Waals surface area (Å²) in [6.07, 6.45) is 0. The molecule has 0 saturated carbocycles. The van der Waals surface area contributed by atoms with Crippen LogP contribution in [0.15, 0.2) is 12.1 Å². The van der Waals surface area contributed by atoms with Crippen LogP contribution < -0.4 is 15.4 Å². The van der Waals surface area contributed by atoms with Crippen LogP contribution in [-0.2, 0) is 0 Å². The van der Waals surface area contributed by atoms with Gasteiger partial charge in [-0.05, 0) is 48.6 Å². The van der Waals surface area contributed by atoms with Crippen molar-refractivity contribution in [3.05, 3.63) is 28.8 Å². The topological polar surface area (TPSA) is 33.3 Å². The number of rotatable bonds is 3. The molecule has 19 heavy (non-hydrogen) atoms. The standard InChI is InChI=1S/C16H26N2O/c1-10(2)13-9-14(11(3)8-15(13)19-5)16-12(4)17-6-7-18-16/h8-10,12,16-18H,6-7H2,1-5H3. The minimum Gasteiger partial charge on any atom is -0.496 e. The Morgan fingerprint density at radius 1 is 1.21 bits per heavy atom. The molecule has 0 aliphatic carbocycles. The van der Waals surface area contributed by atoms with Gasteiger partial charge in [0, 0.05) is 25.2 Å². The zero-order valence-corrected chi connectivity index (χ0v) is 12.7. The van der Waals surface area contributed by atoms with E-state index in [0.29, 0.717) is 18.0 Å².